The molecule has 4 nitrogen and oxygen atoms in total. The Balaban J connectivity index is 2.80. The van der Waals surface area contributed by atoms with Crippen LogP contribution in [0.25, 0.3) is 0 Å². The van der Waals surface area contributed by atoms with Gasteiger partial charge in [-0.05, 0) is 13.8 Å². The van der Waals surface area contributed by atoms with Crippen molar-refractivity contribution >= 4 is 0 Å². The lowest BCUT2D eigenvalue weighted by molar-refractivity contribution is -0.00387. The van der Waals surface area contributed by atoms with Crippen LogP contribution in [0.2, 0.25) is 0 Å². The van der Waals surface area contributed by atoms with Crippen molar-refractivity contribution in [1.82, 2.24) is 10.8 Å². The summed E-state index contributed by atoms with van der Waals surface area (Å²) >= 11 is 0. The van der Waals surface area contributed by atoms with Gasteiger partial charge in [0.2, 0.25) is 0 Å². The summed E-state index contributed by atoms with van der Waals surface area (Å²) in [5.41, 5.74) is 8.12. The van der Waals surface area contributed by atoms with E-state index in [4.69, 9.17) is 10.6 Å². The Kier molecular flexibility index (Phi) is 7.83. The van der Waals surface area contributed by atoms with Gasteiger partial charge < -0.3 is 11.1 Å². The van der Waals surface area contributed by atoms with E-state index in [1.165, 1.54) is 0 Å². The van der Waals surface area contributed by atoms with Crippen LogP contribution >= 0.6 is 0 Å². The predicted octanol–water partition coefficient (Wildman–Crippen LogP) is -0.536. The van der Waals surface area contributed by atoms with E-state index in [1.807, 2.05) is 13.8 Å². The third kappa shape index (κ3) is 9.84. The Hall–Kier alpha value is -0.160. The van der Waals surface area contributed by atoms with Gasteiger partial charge in [-0.25, -0.2) is 5.48 Å². The molecular formula is C7H19N3O. The summed E-state index contributed by atoms with van der Waals surface area (Å²) in [5, 5.41) is 3.14. The summed E-state index contributed by atoms with van der Waals surface area (Å²) in [6.45, 7) is 7.23. The molecule has 11 heavy (non-hydrogen) atoms. The van der Waals surface area contributed by atoms with E-state index in [0.717, 1.165) is 19.6 Å². The fraction of sp³-hybridized carbons (Fsp3) is 1.00. The van der Waals surface area contributed by atoms with Crippen LogP contribution in [-0.2, 0) is 4.84 Å². The smallest absolute Gasteiger partial charge is 0.0734 e. The molecule has 0 saturated carbocycles. The van der Waals surface area contributed by atoms with Gasteiger partial charge in [-0.1, -0.05) is 0 Å². The zero-order valence-electron chi connectivity index (χ0n) is 7.39. The first-order valence-electron chi connectivity index (χ1n) is 4.06. The van der Waals surface area contributed by atoms with Gasteiger partial charge in [0, 0.05) is 26.2 Å². The van der Waals surface area contributed by atoms with Crippen LogP contribution in [0.4, 0.5) is 0 Å². The van der Waals surface area contributed by atoms with Gasteiger partial charge in [0.05, 0.1) is 6.10 Å². The number of hydrogen-bond acceptors (Lipinski definition) is 4. The van der Waals surface area contributed by atoms with E-state index >= 15 is 0 Å². The summed E-state index contributed by atoms with van der Waals surface area (Å²) in [6, 6.07) is 0. The lowest BCUT2D eigenvalue weighted by atomic mass is 10.5. The molecule has 0 bridgehead atoms. The average Bonchev–Trinajstić information content (AvgIpc) is 1.96. The minimum atomic E-state index is 0.240. The quantitative estimate of drug-likeness (QED) is 0.347. The van der Waals surface area contributed by atoms with Gasteiger partial charge in [-0.15, -0.1) is 0 Å². The van der Waals surface area contributed by atoms with Gasteiger partial charge >= 0.3 is 0 Å². The topological polar surface area (TPSA) is 59.3 Å². The summed E-state index contributed by atoms with van der Waals surface area (Å²) in [6.07, 6.45) is 0.240. The first-order valence-corrected chi connectivity index (χ1v) is 4.06. The van der Waals surface area contributed by atoms with Crippen LogP contribution in [0.5, 0.6) is 0 Å². The van der Waals surface area contributed by atoms with Crippen LogP contribution in [0.15, 0.2) is 0 Å². The number of nitrogens with two attached hydrogens (primary N) is 1. The molecule has 0 saturated heterocycles. The molecule has 0 aromatic heterocycles. The Labute approximate surface area is 68.4 Å². The van der Waals surface area contributed by atoms with Crippen LogP contribution < -0.4 is 16.5 Å². The predicted molar refractivity (Wildman–Crippen MR) is 46.1 cm³/mol. The van der Waals surface area contributed by atoms with E-state index < -0.39 is 0 Å². The molecule has 68 valence electrons. The van der Waals surface area contributed by atoms with Crippen molar-refractivity contribution in [2.75, 3.05) is 26.2 Å². The van der Waals surface area contributed by atoms with Crippen molar-refractivity contribution in [3.05, 3.63) is 0 Å². The molecule has 0 aromatic rings. The van der Waals surface area contributed by atoms with Crippen LogP contribution in [0, 0.1) is 0 Å². The van der Waals surface area contributed by atoms with Crippen molar-refractivity contribution in [3.8, 4) is 0 Å². The highest BCUT2D eigenvalue weighted by molar-refractivity contribution is 4.47. The Bertz CT molecular complexity index is 78.1. The second-order valence-corrected chi connectivity index (χ2v) is 2.60. The fourth-order valence-corrected chi connectivity index (χ4v) is 0.592. The molecule has 4 N–H and O–H groups in total. The summed E-state index contributed by atoms with van der Waals surface area (Å²) in [5.74, 6) is 0. The lowest BCUT2D eigenvalue weighted by Crippen LogP contribution is -2.31. The van der Waals surface area contributed by atoms with Crippen molar-refractivity contribution in [2.45, 2.75) is 20.0 Å². The maximum atomic E-state index is 5.28. The monoisotopic (exact) mass is 161 g/mol. The minimum absolute atomic E-state index is 0.240. The van der Waals surface area contributed by atoms with E-state index in [1.54, 1.807) is 0 Å². The van der Waals surface area contributed by atoms with E-state index in [-0.39, 0.29) is 6.10 Å². The second kappa shape index (κ2) is 7.94. The molecule has 0 aliphatic heterocycles. The van der Waals surface area contributed by atoms with Crippen LogP contribution in [0.1, 0.15) is 13.8 Å². The van der Waals surface area contributed by atoms with Gasteiger partial charge in [0.1, 0.15) is 0 Å². The molecule has 0 aromatic carbocycles. The molecule has 0 fully saturated rings. The van der Waals surface area contributed by atoms with Crippen LogP contribution in [0.3, 0.4) is 0 Å². The molecule has 0 spiro atoms. The second-order valence-electron chi connectivity index (χ2n) is 2.60. The highest BCUT2D eigenvalue weighted by atomic mass is 16.7. The normalized spacial score (nSPS) is 10.9. The first-order chi connectivity index (χ1) is 5.27. The van der Waals surface area contributed by atoms with Crippen LogP contribution in [-0.4, -0.2) is 32.3 Å². The number of nitrogens with one attached hydrogen (secondary N) is 2. The molecule has 0 aliphatic carbocycles. The molecule has 0 heterocycles. The first kappa shape index (κ1) is 10.8. The third-order valence-electron chi connectivity index (χ3n) is 1.04. The summed E-state index contributed by atoms with van der Waals surface area (Å²) in [4.78, 5) is 5.10. The van der Waals surface area contributed by atoms with Gasteiger partial charge in [-0.2, -0.15) is 0 Å². The highest BCUT2D eigenvalue weighted by Gasteiger charge is 1.90. The number of hydrogen-bond donors (Lipinski definition) is 3. The largest absolute Gasteiger partial charge is 0.329 e. The number of hydroxylamine groups is 1. The molecular weight excluding hydrogens is 142 g/mol. The summed E-state index contributed by atoms with van der Waals surface area (Å²) in [7, 11) is 0. The van der Waals surface area contributed by atoms with Gasteiger partial charge in [0.25, 0.3) is 0 Å². The van der Waals surface area contributed by atoms with E-state index in [0.29, 0.717) is 6.54 Å². The Morgan fingerprint density at radius 1 is 1.27 bits per heavy atom. The molecule has 0 aliphatic rings. The Morgan fingerprint density at radius 2 is 2.00 bits per heavy atom. The average molecular weight is 161 g/mol. The van der Waals surface area contributed by atoms with E-state index in [2.05, 4.69) is 10.8 Å². The summed E-state index contributed by atoms with van der Waals surface area (Å²) < 4.78 is 0. The molecule has 0 unspecified atom stereocenters. The Morgan fingerprint density at radius 3 is 2.55 bits per heavy atom. The maximum absolute atomic E-state index is 5.28. The van der Waals surface area contributed by atoms with Crippen molar-refractivity contribution in [1.29, 1.82) is 0 Å². The molecule has 0 atom stereocenters. The zero-order valence-corrected chi connectivity index (χ0v) is 7.39. The van der Waals surface area contributed by atoms with Gasteiger partial charge in [0.15, 0.2) is 0 Å². The van der Waals surface area contributed by atoms with Gasteiger partial charge in [-0.3, -0.25) is 4.84 Å². The molecule has 0 radical (unpaired) electrons. The minimum Gasteiger partial charge on any atom is -0.329 e. The van der Waals surface area contributed by atoms with Crippen molar-refractivity contribution < 1.29 is 4.84 Å². The zero-order chi connectivity index (χ0) is 8.53. The fourth-order valence-electron chi connectivity index (χ4n) is 0.592. The SMILES string of the molecule is CC(C)ONCCNCCN. The number of rotatable bonds is 7. The van der Waals surface area contributed by atoms with Crippen molar-refractivity contribution in [2.24, 2.45) is 5.73 Å². The van der Waals surface area contributed by atoms with E-state index in [9.17, 15) is 0 Å². The van der Waals surface area contributed by atoms with Crippen molar-refractivity contribution in [3.63, 3.8) is 0 Å². The molecule has 4 heteroatoms. The third-order valence-corrected chi connectivity index (χ3v) is 1.04. The highest BCUT2D eigenvalue weighted by Crippen LogP contribution is 1.79. The lowest BCUT2D eigenvalue weighted by Gasteiger charge is -2.08. The maximum Gasteiger partial charge on any atom is 0.0734 e. The molecule has 0 amide bonds. The molecule has 0 rings (SSSR count). The standard InChI is InChI=1S/C7H19N3O/c1-7(2)11-10-6-5-9-4-3-8/h7,9-10H,3-6,8H2,1-2H3.